The first-order valence-electron chi connectivity index (χ1n) is 7.30. The molecule has 8 heteroatoms. The molecule has 0 atom stereocenters. The van der Waals surface area contributed by atoms with Crippen LogP contribution >= 0.6 is 11.6 Å². The molecular formula is C17H13ClN4O3. The van der Waals surface area contributed by atoms with Gasteiger partial charge in [0.15, 0.2) is 0 Å². The first-order valence-corrected chi connectivity index (χ1v) is 7.68. The lowest BCUT2D eigenvalue weighted by molar-refractivity contribution is 0.0845. The van der Waals surface area contributed by atoms with Gasteiger partial charge in [-0.3, -0.25) is 29.6 Å². The van der Waals surface area contributed by atoms with Gasteiger partial charge in [0.2, 0.25) is 0 Å². The molecule has 0 aliphatic rings. The van der Waals surface area contributed by atoms with E-state index in [0.717, 1.165) is 5.56 Å². The molecule has 2 heterocycles. The normalized spacial score (nSPS) is 10.5. The molecule has 25 heavy (non-hydrogen) atoms. The highest BCUT2D eigenvalue weighted by atomic mass is 35.5. The fraction of sp³-hybridized carbons (Fsp3) is 0.0588. The summed E-state index contributed by atoms with van der Waals surface area (Å²) in [6, 6.07) is 9.63. The first-order chi connectivity index (χ1) is 12.0. The number of rotatable bonds is 2. The van der Waals surface area contributed by atoms with Gasteiger partial charge >= 0.3 is 0 Å². The highest BCUT2D eigenvalue weighted by Crippen LogP contribution is 2.09. The van der Waals surface area contributed by atoms with E-state index in [9.17, 15) is 14.4 Å². The minimum Gasteiger partial charge on any atom is -0.268 e. The highest BCUT2D eigenvalue weighted by molar-refractivity contribution is 6.30. The zero-order valence-electron chi connectivity index (χ0n) is 13.1. The number of hydrogen-bond donors (Lipinski definition) is 2. The van der Waals surface area contributed by atoms with Crippen LogP contribution in [0.1, 0.15) is 26.3 Å². The number of hydrazine groups is 1. The molecule has 2 aromatic heterocycles. The molecule has 126 valence electrons. The zero-order chi connectivity index (χ0) is 18.0. The van der Waals surface area contributed by atoms with Gasteiger partial charge in [0.05, 0.1) is 0 Å². The van der Waals surface area contributed by atoms with E-state index in [-0.39, 0.29) is 5.56 Å². The lowest BCUT2D eigenvalue weighted by atomic mass is 10.2. The minimum atomic E-state index is -0.754. The van der Waals surface area contributed by atoms with E-state index in [4.69, 9.17) is 11.6 Å². The number of hydrogen-bond acceptors (Lipinski definition) is 4. The molecule has 0 spiro atoms. The second-order valence-corrected chi connectivity index (χ2v) is 5.76. The maximum Gasteiger partial charge on any atom is 0.276 e. The Morgan fingerprint density at radius 3 is 2.44 bits per heavy atom. The summed E-state index contributed by atoms with van der Waals surface area (Å²) >= 11 is 5.75. The average Bonchev–Trinajstić information content (AvgIpc) is 2.61. The Balaban J connectivity index is 1.78. The van der Waals surface area contributed by atoms with Crippen LogP contribution < -0.4 is 16.4 Å². The SMILES string of the molecule is Cc1ccc2ncc(C(=O)NNC(=O)c3ccc(Cl)cc3)c(=O)n2c1. The van der Waals surface area contributed by atoms with E-state index >= 15 is 0 Å². The molecule has 0 radical (unpaired) electrons. The van der Waals surface area contributed by atoms with Crippen LogP contribution in [0.3, 0.4) is 0 Å². The van der Waals surface area contributed by atoms with Crippen molar-refractivity contribution in [1.82, 2.24) is 20.2 Å². The van der Waals surface area contributed by atoms with Crippen LogP contribution in [-0.2, 0) is 0 Å². The van der Waals surface area contributed by atoms with E-state index in [0.29, 0.717) is 16.2 Å². The fourth-order valence-corrected chi connectivity index (χ4v) is 2.32. The monoisotopic (exact) mass is 356 g/mol. The zero-order valence-corrected chi connectivity index (χ0v) is 13.9. The van der Waals surface area contributed by atoms with E-state index < -0.39 is 17.4 Å². The number of benzene rings is 1. The molecule has 0 unspecified atom stereocenters. The minimum absolute atomic E-state index is 0.181. The molecule has 0 fully saturated rings. The maximum absolute atomic E-state index is 12.4. The first kappa shape index (κ1) is 16.7. The third kappa shape index (κ3) is 3.51. The van der Waals surface area contributed by atoms with E-state index in [1.54, 1.807) is 24.4 Å². The Bertz CT molecular complexity index is 1030. The number of nitrogens with zero attached hydrogens (tertiary/aromatic N) is 2. The van der Waals surface area contributed by atoms with Gasteiger partial charge in [-0.25, -0.2) is 4.98 Å². The molecule has 1 aromatic carbocycles. The lowest BCUT2D eigenvalue weighted by Crippen LogP contribution is -2.43. The van der Waals surface area contributed by atoms with Crippen molar-refractivity contribution in [3.8, 4) is 0 Å². The summed E-state index contributed by atoms with van der Waals surface area (Å²) in [5, 5.41) is 0.492. The van der Waals surface area contributed by atoms with Crippen molar-refractivity contribution in [2.24, 2.45) is 0 Å². The summed E-state index contributed by atoms with van der Waals surface area (Å²) in [4.78, 5) is 40.6. The second-order valence-electron chi connectivity index (χ2n) is 5.33. The molecule has 0 saturated heterocycles. The van der Waals surface area contributed by atoms with E-state index in [2.05, 4.69) is 15.8 Å². The average molecular weight is 357 g/mol. The number of aromatic nitrogens is 2. The number of aryl methyl sites for hydroxylation is 1. The van der Waals surface area contributed by atoms with Gasteiger partial charge in [0.1, 0.15) is 11.2 Å². The van der Waals surface area contributed by atoms with Crippen LogP contribution in [0.5, 0.6) is 0 Å². The summed E-state index contributed by atoms with van der Waals surface area (Å²) in [5.74, 6) is -1.29. The molecule has 0 aliphatic carbocycles. The van der Waals surface area contributed by atoms with Gasteiger partial charge in [-0.05, 0) is 42.8 Å². The lowest BCUT2D eigenvalue weighted by Gasteiger charge is -2.08. The van der Waals surface area contributed by atoms with Crippen LogP contribution in [0.25, 0.3) is 5.65 Å². The Morgan fingerprint density at radius 1 is 1.04 bits per heavy atom. The van der Waals surface area contributed by atoms with Crippen molar-refractivity contribution in [2.45, 2.75) is 6.92 Å². The van der Waals surface area contributed by atoms with Gasteiger partial charge in [0.25, 0.3) is 17.4 Å². The quantitative estimate of drug-likeness (QED) is 0.684. The van der Waals surface area contributed by atoms with Crippen molar-refractivity contribution in [3.63, 3.8) is 0 Å². The van der Waals surface area contributed by atoms with Crippen LogP contribution in [-0.4, -0.2) is 21.2 Å². The second kappa shape index (κ2) is 6.74. The molecule has 2 N–H and O–H groups in total. The van der Waals surface area contributed by atoms with Crippen molar-refractivity contribution in [2.75, 3.05) is 0 Å². The summed E-state index contributed by atoms with van der Waals surface area (Å²) < 4.78 is 1.28. The fourth-order valence-electron chi connectivity index (χ4n) is 2.19. The van der Waals surface area contributed by atoms with Crippen molar-refractivity contribution in [3.05, 3.63) is 80.9 Å². The third-order valence-electron chi connectivity index (χ3n) is 3.49. The van der Waals surface area contributed by atoms with Crippen molar-refractivity contribution in [1.29, 1.82) is 0 Å². The predicted octanol–water partition coefficient (Wildman–Crippen LogP) is 1.73. The topological polar surface area (TPSA) is 92.6 Å². The van der Waals surface area contributed by atoms with Gasteiger partial charge in [-0.15, -0.1) is 0 Å². The molecule has 0 saturated carbocycles. The molecule has 3 aromatic rings. The number of halogens is 1. The summed E-state index contributed by atoms with van der Waals surface area (Å²) in [7, 11) is 0. The molecule has 0 aliphatic heterocycles. The van der Waals surface area contributed by atoms with Gasteiger partial charge in [-0.2, -0.15) is 0 Å². The van der Waals surface area contributed by atoms with Gasteiger partial charge in [0, 0.05) is 23.0 Å². The van der Waals surface area contributed by atoms with E-state index in [1.807, 2.05) is 13.0 Å². The Labute approximate surface area is 147 Å². The standard InChI is InChI=1S/C17H13ClN4O3/c1-10-2-7-14-19-8-13(17(25)22(14)9-10)16(24)21-20-15(23)11-3-5-12(18)6-4-11/h2-9H,1H3,(H,20,23)(H,21,24). The van der Waals surface area contributed by atoms with Crippen LogP contribution in [0, 0.1) is 6.92 Å². The van der Waals surface area contributed by atoms with Crippen molar-refractivity contribution >= 4 is 29.1 Å². The largest absolute Gasteiger partial charge is 0.276 e. The number of nitrogens with one attached hydrogen (secondary N) is 2. The number of pyridine rings is 1. The molecule has 2 amide bonds. The van der Waals surface area contributed by atoms with Gasteiger partial charge in [-0.1, -0.05) is 17.7 Å². The number of fused-ring (bicyclic) bond motifs is 1. The maximum atomic E-state index is 12.4. The molecule has 7 nitrogen and oxygen atoms in total. The Hall–Kier alpha value is -3.19. The summed E-state index contributed by atoms with van der Waals surface area (Å²) in [6.45, 7) is 1.82. The summed E-state index contributed by atoms with van der Waals surface area (Å²) in [5.41, 5.74) is 5.34. The third-order valence-corrected chi connectivity index (χ3v) is 3.74. The van der Waals surface area contributed by atoms with Gasteiger partial charge < -0.3 is 0 Å². The highest BCUT2D eigenvalue weighted by Gasteiger charge is 2.14. The smallest absolute Gasteiger partial charge is 0.268 e. The number of carbonyl (C=O) groups is 2. The number of amides is 2. The van der Waals surface area contributed by atoms with Crippen LogP contribution in [0.2, 0.25) is 5.02 Å². The summed E-state index contributed by atoms with van der Waals surface area (Å²) in [6.07, 6.45) is 2.77. The Morgan fingerprint density at radius 2 is 1.72 bits per heavy atom. The molecule has 3 rings (SSSR count). The molecular weight excluding hydrogens is 344 g/mol. The molecule has 0 bridgehead atoms. The van der Waals surface area contributed by atoms with Crippen LogP contribution in [0.15, 0.2) is 53.6 Å². The Kier molecular flexibility index (Phi) is 4.49. The predicted molar refractivity (Wildman–Crippen MR) is 92.6 cm³/mol. The van der Waals surface area contributed by atoms with Crippen LogP contribution in [0.4, 0.5) is 0 Å². The van der Waals surface area contributed by atoms with Crippen molar-refractivity contribution < 1.29 is 9.59 Å². The number of carbonyl (C=O) groups excluding carboxylic acids is 2. The van der Waals surface area contributed by atoms with E-state index in [1.165, 1.54) is 22.7 Å².